The van der Waals surface area contributed by atoms with Gasteiger partial charge in [0.25, 0.3) is 5.91 Å². The van der Waals surface area contributed by atoms with Crippen molar-refractivity contribution in [1.29, 1.82) is 0 Å². The van der Waals surface area contributed by atoms with Crippen LogP contribution in [0.3, 0.4) is 0 Å². The number of nitrogens with zero attached hydrogens (tertiary/aromatic N) is 2. The number of benzene rings is 1. The molecule has 2 aliphatic heterocycles. The van der Waals surface area contributed by atoms with Gasteiger partial charge in [-0.1, -0.05) is 18.2 Å². The predicted molar refractivity (Wildman–Crippen MR) is 112 cm³/mol. The van der Waals surface area contributed by atoms with Crippen LogP contribution < -0.4 is 5.32 Å². The van der Waals surface area contributed by atoms with Gasteiger partial charge in [-0.3, -0.25) is 19.3 Å². The smallest absolute Gasteiger partial charge is 0.252 e. The number of aromatic amines is 1. The van der Waals surface area contributed by atoms with E-state index in [1.54, 1.807) is 4.90 Å². The van der Waals surface area contributed by atoms with Crippen LogP contribution in [-0.2, 0) is 20.9 Å². The molecule has 2 atom stereocenters. The lowest BCUT2D eigenvalue weighted by Crippen LogP contribution is -2.53. The Bertz CT molecular complexity index is 974. The number of piperidine rings is 1. The normalized spacial score (nSPS) is 24.4. The molecule has 1 aromatic carbocycles. The molecule has 30 heavy (non-hydrogen) atoms. The number of hydrogen-bond donors (Lipinski definition) is 2. The molecule has 7 nitrogen and oxygen atoms in total. The van der Waals surface area contributed by atoms with Gasteiger partial charge in [0.2, 0.25) is 11.8 Å². The second-order valence-electron chi connectivity index (χ2n) is 8.76. The fourth-order valence-electron chi connectivity index (χ4n) is 4.86. The molecular weight excluding hydrogens is 380 g/mol. The summed E-state index contributed by atoms with van der Waals surface area (Å²) in [4.78, 5) is 45.9. The summed E-state index contributed by atoms with van der Waals surface area (Å²) in [7, 11) is 0. The van der Waals surface area contributed by atoms with Crippen LogP contribution in [0, 0.1) is 5.92 Å². The molecule has 0 spiro atoms. The molecule has 5 rings (SSSR count). The quantitative estimate of drug-likeness (QED) is 0.743. The third kappa shape index (κ3) is 3.51. The zero-order valence-corrected chi connectivity index (χ0v) is 17.1. The molecule has 2 N–H and O–H groups in total. The van der Waals surface area contributed by atoms with Crippen LogP contribution in [-0.4, -0.2) is 57.7 Å². The lowest BCUT2D eigenvalue weighted by molar-refractivity contribution is -0.153. The first-order valence-electron chi connectivity index (χ1n) is 11.1. The van der Waals surface area contributed by atoms with E-state index in [0.717, 1.165) is 48.7 Å². The lowest BCUT2D eigenvalue weighted by atomic mass is 9.97. The first-order valence-corrected chi connectivity index (χ1v) is 11.1. The number of rotatable bonds is 5. The van der Waals surface area contributed by atoms with Crippen molar-refractivity contribution in [1.82, 2.24) is 20.1 Å². The van der Waals surface area contributed by atoms with Crippen molar-refractivity contribution in [2.24, 2.45) is 5.92 Å². The Morgan fingerprint density at radius 2 is 1.93 bits per heavy atom. The molecule has 3 amide bonds. The number of likely N-dealkylation sites (tertiary alicyclic amines) is 1. The van der Waals surface area contributed by atoms with Gasteiger partial charge in [-0.15, -0.1) is 0 Å². The summed E-state index contributed by atoms with van der Waals surface area (Å²) >= 11 is 0. The number of H-pyrrole nitrogens is 1. The van der Waals surface area contributed by atoms with E-state index < -0.39 is 6.04 Å². The predicted octanol–water partition coefficient (Wildman–Crippen LogP) is 2.18. The Kier molecular flexibility index (Phi) is 5.06. The maximum Gasteiger partial charge on any atom is 0.252 e. The average Bonchev–Trinajstić information content (AvgIpc) is 3.42. The van der Waals surface area contributed by atoms with Gasteiger partial charge in [0.05, 0.1) is 5.92 Å². The number of para-hydroxylation sites is 1. The maximum atomic E-state index is 13.5. The van der Waals surface area contributed by atoms with Crippen molar-refractivity contribution in [3.8, 4) is 0 Å². The minimum Gasteiger partial charge on any atom is -0.361 e. The number of imide groups is 1. The van der Waals surface area contributed by atoms with Gasteiger partial charge >= 0.3 is 0 Å². The van der Waals surface area contributed by atoms with Crippen molar-refractivity contribution >= 4 is 28.6 Å². The van der Waals surface area contributed by atoms with Crippen LogP contribution in [0.2, 0.25) is 0 Å². The van der Waals surface area contributed by atoms with E-state index in [0.29, 0.717) is 25.9 Å². The Labute approximate surface area is 175 Å². The lowest BCUT2D eigenvalue weighted by Gasteiger charge is -2.32. The van der Waals surface area contributed by atoms with Gasteiger partial charge in [0.1, 0.15) is 6.04 Å². The molecule has 0 bridgehead atoms. The molecule has 0 radical (unpaired) electrons. The first kappa shape index (κ1) is 19.3. The molecule has 3 aliphatic rings. The van der Waals surface area contributed by atoms with Gasteiger partial charge in [0.15, 0.2) is 0 Å². The maximum absolute atomic E-state index is 13.5. The number of carbonyl (C=O) groups is 3. The van der Waals surface area contributed by atoms with Crippen molar-refractivity contribution in [3.63, 3.8) is 0 Å². The topological polar surface area (TPSA) is 85.5 Å². The number of hydrogen-bond acceptors (Lipinski definition) is 4. The van der Waals surface area contributed by atoms with E-state index in [1.807, 2.05) is 30.5 Å². The Hall–Kier alpha value is -2.67. The molecule has 2 aromatic rings. The highest BCUT2D eigenvalue weighted by atomic mass is 16.2. The summed E-state index contributed by atoms with van der Waals surface area (Å²) in [6.45, 7) is 1.95. The molecule has 1 aliphatic carbocycles. The fourth-order valence-corrected chi connectivity index (χ4v) is 4.86. The van der Waals surface area contributed by atoms with Gasteiger partial charge in [-0.2, -0.15) is 0 Å². The summed E-state index contributed by atoms with van der Waals surface area (Å²) in [5.41, 5.74) is 2.01. The minimum atomic E-state index is -0.549. The molecule has 3 fully saturated rings. The SMILES string of the molecule is O=C1CCC(C(=O)N(C(=O)C2CCCNC2)C2CC2)N1Cc1c[nH]c2ccccc12. The van der Waals surface area contributed by atoms with E-state index in [2.05, 4.69) is 10.3 Å². The van der Waals surface area contributed by atoms with Crippen LogP contribution >= 0.6 is 0 Å². The molecule has 3 heterocycles. The van der Waals surface area contributed by atoms with E-state index in [1.165, 1.54) is 4.90 Å². The van der Waals surface area contributed by atoms with Crippen LogP contribution in [0.5, 0.6) is 0 Å². The van der Waals surface area contributed by atoms with E-state index >= 15 is 0 Å². The summed E-state index contributed by atoms with van der Waals surface area (Å²) in [6, 6.07) is 7.42. The van der Waals surface area contributed by atoms with Crippen molar-refractivity contribution in [3.05, 3.63) is 36.0 Å². The largest absolute Gasteiger partial charge is 0.361 e. The number of nitrogens with one attached hydrogen (secondary N) is 2. The molecule has 2 saturated heterocycles. The summed E-state index contributed by atoms with van der Waals surface area (Å²) in [6.07, 6.45) is 6.29. The highest BCUT2D eigenvalue weighted by Crippen LogP contribution is 2.33. The summed E-state index contributed by atoms with van der Waals surface area (Å²) in [5.74, 6) is -0.386. The molecule has 7 heteroatoms. The first-order chi connectivity index (χ1) is 14.6. The van der Waals surface area contributed by atoms with Crippen molar-refractivity contribution in [2.45, 2.75) is 57.2 Å². The Morgan fingerprint density at radius 1 is 1.10 bits per heavy atom. The van der Waals surface area contributed by atoms with Crippen LogP contribution in [0.25, 0.3) is 10.9 Å². The average molecular weight is 409 g/mol. The van der Waals surface area contributed by atoms with E-state index in [4.69, 9.17) is 0 Å². The van der Waals surface area contributed by atoms with Gasteiger partial charge in [-0.05, 0) is 50.3 Å². The monoisotopic (exact) mass is 408 g/mol. The molecule has 158 valence electrons. The summed E-state index contributed by atoms with van der Waals surface area (Å²) < 4.78 is 0. The van der Waals surface area contributed by atoms with E-state index in [-0.39, 0.29) is 29.7 Å². The molecule has 2 unspecified atom stereocenters. The second kappa shape index (κ2) is 7.87. The molecule has 1 saturated carbocycles. The highest BCUT2D eigenvalue weighted by Gasteiger charge is 2.46. The zero-order valence-electron chi connectivity index (χ0n) is 17.1. The van der Waals surface area contributed by atoms with Crippen molar-refractivity contribution in [2.75, 3.05) is 13.1 Å². The summed E-state index contributed by atoms with van der Waals surface area (Å²) in [5, 5.41) is 4.34. The molecule has 1 aromatic heterocycles. The second-order valence-corrected chi connectivity index (χ2v) is 8.76. The van der Waals surface area contributed by atoms with Gasteiger partial charge in [-0.25, -0.2) is 0 Å². The van der Waals surface area contributed by atoms with Crippen molar-refractivity contribution < 1.29 is 14.4 Å². The van der Waals surface area contributed by atoms with Crippen LogP contribution in [0.15, 0.2) is 30.5 Å². The fraction of sp³-hybridized carbons (Fsp3) is 0.522. The van der Waals surface area contributed by atoms with Crippen LogP contribution in [0.4, 0.5) is 0 Å². The minimum absolute atomic E-state index is 0.0116. The number of aromatic nitrogens is 1. The molecular formula is C23H28N4O3. The van der Waals surface area contributed by atoms with Gasteiger partial charge in [0, 0.05) is 42.7 Å². The highest BCUT2D eigenvalue weighted by molar-refractivity contribution is 6.02. The number of fused-ring (bicyclic) bond motifs is 1. The Morgan fingerprint density at radius 3 is 2.70 bits per heavy atom. The standard InChI is InChI=1S/C23H28N4O3/c28-21-10-9-20(26(21)14-16-13-25-19-6-2-1-5-18(16)19)23(30)27(17-7-8-17)22(29)15-4-3-11-24-12-15/h1-2,5-6,13,15,17,20,24-25H,3-4,7-12,14H2. The zero-order chi connectivity index (χ0) is 20.7. The van der Waals surface area contributed by atoms with E-state index in [9.17, 15) is 14.4 Å². The Balaban J connectivity index is 1.37. The number of amides is 3. The van der Waals surface area contributed by atoms with Crippen LogP contribution in [0.1, 0.15) is 44.1 Å². The number of carbonyl (C=O) groups excluding carboxylic acids is 3. The third-order valence-corrected chi connectivity index (χ3v) is 6.66. The van der Waals surface area contributed by atoms with Gasteiger partial charge < -0.3 is 15.2 Å². The third-order valence-electron chi connectivity index (χ3n) is 6.66.